The van der Waals surface area contributed by atoms with E-state index in [1.165, 1.54) is 0 Å². The Hall–Kier alpha value is -1.55. The third-order valence-electron chi connectivity index (χ3n) is 3.19. The van der Waals surface area contributed by atoms with Crippen LogP contribution in [0.1, 0.15) is 20.3 Å². The summed E-state index contributed by atoms with van der Waals surface area (Å²) in [5, 5.41) is 2.86. The maximum atomic E-state index is 11.9. The second kappa shape index (κ2) is 6.40. The summed E-state index contributed by atoms with van der Waals surface area (Å²) in [6.07, 6.45) is 0.895. The number of carbonyl (C=O) groups is 1. The lowest BCUT2D eigenvalue weighted by molar-refractivity contribution is -0.118. The van der Waals surface area contributed by atoms with Crippen molar-refractivity contribution in [2.75, 3.05) is 24.3 Å². The van der Waals surface area contributed by atoms with Crippen molar-refractivity contribution in [1.29, 1.82) is 0 Å². The highest BCUT2D eigenvalue weighted by Gasteiger charge is 2.19. The fourth-order valence-corrected chi connectivity index (χ4v) is 1.60. The van der Waals surface area contributed by atoms with Crippen LogP contribution in [0.2, 0.25) is 0 Å². The molecule has 0 aliphatic carbocycles. The molecule has 1 rings (SSSR count). The number of benzene rings is 1. The predicted octanol–water partition coefficient (Wildman–Crippen LogP) is 2.06. The minimum Gasteiger partial charge on any atom is -0.378 e. The first-order valence-electron chi connectivity index (χ1n) is 6.29. The minimum atomic E-state index is -0.460. The molecule has 2 atom stereocenters. The van der Waals surface area contributed by atoms with Gasteiger partial charge in [0.2, 0.25) is 5.91 Å². The molecule has 1 amide bonds. The van der Waals surface area contributed by atoms with Gasteiger partial charge in [0.05, 0.1) is 6.04 Å². The largest absolute Gasteiger partial charge is 0.378 e. The molecule has 0 saturated carbocycles. The molecule has 0 fully saturated rings. The summed E-state index contributed by atoms with van der Waals surface area (Å²) in [4.78, 5) is 13.9. The van der Waals surface area contributed by atoms with Crippen LogP contribution in [-0.4, -0.2) is 26.0 Å². The van der Waals surface area contributed by atoms with Crippen LogP contribution in [0, 0.1) is 5.92 Å². The first-order valence-corrected chi connectivity index (χ1v) is 6.29. The first kappa shape index (κ1) is 14.5. The first-order chi connectivity index (χ1) is 8.45. The van der Waals surface area contributed by atoms with Gasteiger partial charge in [0.25, 0.3) is 0 Å². The van der Waals surface area contributed by atoms with Crippen LogP contribution in [0.25, 0.3) is 0 Å². The van der Waals surface area contributed by atoms with Gasteiger partial charge in [0.15, 0.2) is 0 Å². The van der Waals surface area contributed by atoms with Gasteiger partial charge in [-0.05, 0) is 24.1 Å². The van der Waals surface area contributed by atoms with Crippen molar-refractivity contribution >= 4 is 17.3 Å². The number of rotatable bonds is 5. The van der Waals surface area contributed by atoms with Crippen LogP contribution in [0.4, 0.5) is 11.4 Å². The van der Waals surface area contributed by atoms with Gasteiger partial charge in [0, 0.05) is 25.5 Å². The number of carbonyl (C=O) groups excluding carboxylic acids is 1. The van der Waals surface area contributed by atoms with Crippen molar-refractivity contribution in [3.63, 3.8) is 0 Å². The quantitative estimate of drug-likeness (QED) is 0.840. The molecule has 0 heterocycles. The molecule has 4 nitrogen and oxygen atoms in total. The summed E-state index contributed by atoms with van der Waals surface area (Å²) >= 11 is 0. The topological polar surface area (TPSA) is 58.4 Å². The number of hydrogen-bond acceptors (Lipinski definition) is 3. The van der Waals surface area contributed by atoms with Gasteiger partial charge < -0.3 is 16.0 Å². The van der Waals surface area contributed by atoms with Gasteiger partial charge in [-0.1, -0.05) is 26.3 Å². The van der Waals surface area contributed by atoms with Crippen molar-refractivity contribution in [2.45, 2.75) is 26.3 Å². The minimum absolute atomic E-state index is 0.125. The van der Waals surface area contributed by atoms with Crippen LogP contribution in [0.15, 0.2) is 24.3 Å². The summed E-state index contributed by atoms with van der Waals surface area (Å²) < 4.78 is 0. The van der Waals surface area contributed by atoms with E-state index in [4.69, 9.17) is 5.73 Å². The summed E-state index contributed by atoms with van der Waals surface area (Å²) in [6, 6.07) is 7.25. The van der Waals surface area contributed by atoms with Crippen LogP contribution in [-0.2, 0) is 4.79 Å². The molecular weight excluding hydrogens is 226 g/mol. The number of nitrogens with zero attached hydrogens (tertiary/aromatic N) is 1. The summed E-state index contributed by atoms with van der Waals surface area (Å²) in [7, 11) is 3.93. The van der Waals surface area contributed by atoms with Crippen LogP contribution in [0.5, 0.6) is 0 Å². The van der Waals surface area contributed by atoms with Gasteiger partial charge >= 0.3 is 0 Å². The monoisotopic (exact) mass is 249 g/mol. The van der Waals surface area contributed by atoms with Crippen molar-refractivity contribution in [3.05, 3.63) is 24.3 Å². The summed E-state index contributed by atoms with van der Waals surface area (Å²) in [6.45, 7) is 4.02. The van der Waals surface area contributed by atoms with Gasteiger partial charge in [0.1, 0.15) is 0 Å². The van der Waals surface area contributed by atoms with E-state index in [1.807, 2.05) is 57.1 Å². The van der Waals surface area contributed by atoms with Gasteiger partial charge in [-0.3, -0.25) is 4.79 Å². The second-order valence-corrected chi connectivity index (χ2v) is 4.85. The van der Waals surface area contributed by atoms with Crippen LogP contribution < -0.4 is 16.0 Å². The lowest BCUT2D eigenvalue weighted by atomic mass is 9.99. The van der Waals surface area contributed by atoms with Crippen LogP contribution >= 0.6 is 0 Å². The maximum Gasteiger partial charge on any atom is 0.241 e. The Labute approximate surface area is 109 Å². The maximum absolute atomic E-state index is 11.9. The Bertz CT molecular complexity index is 404. The summed E-state index contributed by atoms with van der Waals surface area (Å²) in [5.41, 5.74) is 7.72. The highest BCUT2D eigenvalue weighted by Crippen LogP contribution is 2.18. The zero-order chi connectivity index (χ0) is 13.7. The molecule has 4 heteroatoms. The summed E-state index contributed by atoms with van der Waals surface area (Å²) in [5.74, 6) is 0.0577. The zero-order valence-corrected chi connectivity index (χ0v) is 11.6. The third kappa shape index (κ3) is 3.74. The van der Waals surface area contributed by atoms with Crippen LogP contribution in [0.3, 0.4) is 0 Å². The van der Waals surface area contributed by atoms with E-state index in [0.29, 0.717) is 0 Å². The molecule has 0 spiro atoms. The molecule has 0 bridgehead atoms. The molecule has 2 unspecified atom stereocenters. The Morgan fingerprint density at radius 1 is 1.44 bits per heavy atom. The molecule has 0 aliphatic heterocycles. The average molecular weight is 249 g/mol. The number of nitrogens with two attached hydrogens (primary N) is 1. The number of amides is 1. The van der Waals surface area contributed by atoms with Crippen molar-refractivity contribution in [2.24, 2.45) is 11.7 Å². The molecule has 0 aromatic heterocycles. The van der Waals surface area contributed by atoms with Crippen molar-refractivity contribution in [3.8, 4) is 0 Å². The molecule has 1 aromatic carbocycles. The Kier molecular flexibility index (Phi) is 5.16. The lowest BCUT2D eigenvalue weighted by Gasteiger charge is -2.19. The van der Waals surface area contributed by atoms with E-state index in [0.717, 1.165) is 17.8 Å². The Morgan fingerprint density at radius 2 is 2.11 bits per heavy atom. The van der Waals surface area contributed by atoms with E-state index >= 15 is 0 Å². The zero-order valence-electron chi connectivity index (χ0n) is 11.6. The number of nitrogens with one attached hydrogen (secondary N) is 1. The van der Waals surface area contributed by atoms with E-state index < -0.39 is 6.04 Å². The van der Waals surface area contributed by atoms with Crippen molar-refractivity contribution < 1.29 is 4.79 Å². The third-order valence-corrected chi connectivity index (χ3v) is 3.19. The molecule has 0 radical (unpaired) electrons. The molecule has 18 heavy (non-hydrogen) atoms. The molecule has 100 valence electrons. The van der Waals surface area contributed by atoms with Gasteiger partial charge in [-0.2, -0.15) is 0 Å². The number of anilines is 2. The van der Waals surface area contributed by atoms with Gasteiger partial charge in [-0.15, -0.1) is 0 Å². The van der Waals surface area contributed by atoms with E-state index in [9.17, 15) is 4.79 Å². The highest BCUT2D eigenvalue weighted by molar-refractivity contribution is 5.95. The van der Waals surface area contributed by atoms with E-state index in [1.54, 1.807) is 0 Å². The number of hydrogen-bond donors (Lipinski definition) is 2. The normalized spacial score (nSPS) is 13.8. The van der Waals surface area contributed by atoms with E-state index in [-0.39, 0.29) is 11.8 Å². The SMILES string of the molecule is CCC(C)C(N)C(=O)Nc1cccc(N(C)C)c1. The standard InChI is InChI=1S/C14H23N3O/c1-5-10(2)13(15)14(18)16-11-7-6-8-12(9-11)17(3)4/h6-10,13H,5,15H2,1-4H3,(H,16,18). The molecular formula is C14H23N3O. The van der Waals surface area contributed by atoms with E-state index in [2.05, 4.69) is 5.32 Å². The predicted molar refractivity (Wildman–Crippen MR) is 76.8 cm³/mol. The smallest absolute Gasteiger partial charge is 0.241 e. The fraction of sp³-hybridized carbons (Fsp3) is 0.500. The average Bonchev–Trinajstić information content (AvgIpc) is 2.37. The molecule has 0 saturated heterocycles. The fourth-order valence-electron chi connectivity index (χ4n) is 1.60. The van der Waals surface area contributed by atoms with Gasteiger partial charge in [-0.25, -0.2) is 0 Å². The second-order valence-electron chi connectivity index (χ2n) is 4.85. The lowest BCUT2D eigenvalue weighted by Crippen LogP contribution is -2.40. The van der Waals surface area contributed by atoms with Crippen molar-refractivity contribution in [1.82, 2.24) is 0 Å². The molecule has 0 aliphatic rings. The Morgan fingerprint density at radius 3 is 2.67 bits per heavy atom. The molecule has 3 N–H and O–H groups in total. The molecule has 1 aromatic rings. The highest BCUT2D eigenvalue weighted by atomic mass is 16.2. The Balaban J connectivity index is 2.73.